The molecule has 0 aromatic heterocycles. The number of imide groups is 2. The SMILES string of the molecule is CC(=O)[N+]1=C2C(C(=O)N(C3CC3)C(=O)N2c2ccc(I)cc2F)C(O)=C(C)C1=O. The standard InChI is InChI=1S/C19H15FIN3O5/c1-8-15(26)14-16(22(9(2)25)17(8)27)24(13-6-3-10(21)7-12(13)20)19(29)23(18(14)28)11-4-5-11/h3,6-7,11,14H,4-5H2,1-2H3/p+1. The first-order valence-electron chi connectivity index (χ1n) is 8.89. The van der Waals surface area contributed by atoms with Crippen molar-refractivity contribution in [3.8, 4) is 0 Å². The zero-order chi connectivity index (χ0) is 21.2. The van der Waals surface area contributed by atoms with Gasteiger partial charge >= 0.3 is 17.8 Å². The zero-order valence-electron chi connectivity index (χ0n) is 15.5. The highest BCUT2D eigenvalue weighted by Gasteiger charge is 2.61. The van der Waals surface area contributed by atoms with Crippen LogP contribution in [0.5, 0.6) is 0 Å². The molecule has 4 rings (SSSR count). The fourth-order valence-corrected chi connectivity index (χ4v) is 4.06. The molecule has 3 aliphatic rings. The lowest BCUT2D eigenvalue weighted by molar-refractivity contribution is -0.382. The number of nitrogens with zero attached hydrogens (tertiary/aromatic N) is 3. The predicted octanol–water partition coefficient (Wildman–Crippen LogP) is 2.31. The summed E-state index contributed by atoms with van der Waals surface area (Å²) in [7, 11) is 0. The molecule has 2 aliphatic heterocycles. The number of amides is 5. The van der Waals surface area contributed by atoms with Crippen LogP contribution in [0.15, 0.2) is 29.5 Å². The summed E-state index contributed by atoms with van der Waals surface area (Å²) in [6.07, 6.45) is 1.20. The Morgan fingerprint density at radius 3 is 2.48 bits per heavy atom. The van der Waals surface area contributed by atoms with Crippen LogP contribution in [-0.2, 0) is 14.4 Å². The highest BCUT2D eigenvalue weighted by Crippen LogP contribution is 2.39. The summed E-state index contributed by atoms with van der Waals surface area (Å²) < 4.78 is 16.1. The maximum atomic E-state index is 14.8. The first-order valence-corrected chi connectivity index (χ1v) is 9.96. The Kier molecular flexibility index (Phi) is 4.56. The zero-order valence-corrected chi connectivity index (χ0v) is 17.6. The Labute approximate surface area is 178 Å². The van der Waals surface area contributed by atoms with Crippen molar-refractivity contribution in [2.24, 2.45) is 5.92 Å². The monoisotopic (exact) mass is 512 g/mol. The van der Waals surface area contributed by atoms with Crippen LogP contribution in [0.1, 0.15) is 26.7 Å². The third-order valence-corrected chi connectivity index (χ3v) is 5.83. The molecule has 1 saturated heterocycles. The molecule has 0 spiro atoms. The van der Waals surface area contributed by atoms with E-state index in [-0.39, 0.29) is 23.1 Å². The van der Waals surface area contributed by atoms with E-state index in [1.54, 1.807) is 6.07 Å². The number of aliphatic hydroxyl groups excluding tert-OH is 1. The Bertz CT molecular complexity index is 1080. The predicted molar refractivity (Wildman–Crippen MR) is 107 cm³/mol. The molecule has 1 aliphatic carbocycles. The molecule has 1 saturated carbocycles. The number of urea groups is 1. The van der Waals surface area contributed by atoms with E-state index in [1.807, 2.05) is 22.6 Å². The van der Waals surface area contributed by atoms with Crippen LogP contribution in [0, 0.1) is 15.3 Å². The molecule has 2 fully saturated rings. The van der Waals surface area contributed by atoms with Crippen LogP contribution in [-0.4, -0.2) is 50.2 Å². The van der Waals surface area contributed by atoms with E-state index in [4.69, 9.17) is 0 Å². The van der Waals surface area contributed by atoms with E-state index in [9.17, 15) is 28.7 Å². The number of benzene rings is 1. The highest BCUT2D eigenvalue weighted by atomic mass is 127. The van der Waals surface area contributed by atoms with Crippen molar-refractivity contribution in [3.05, 3.63) is 38.9 Å². The van der Waals surface area contributed by atoms with Crippen molar-refractivity contribution in [3.63, 3.8) is 0 Å². The number of amidine groups is 1. The second-order valence-corrected chi connectivity index (χ2v) is 8.36. The first-order chi connectivity index (χ1) is 13.6. The van der Waals surface area contributed by atoms with E-state index >= 15 is 0 Å². The maximum absolute atomic E-state index is 14.8. The maximum Gasteiger partial charge on any atom is 0.423 e. The van der Waals surface area contributed by atoms with Gasteiger partial charge < -0.3 is 5.11 Å². The summed E-state index contributed by atoms with van der Waals surface area (Å²) in [5, 5.41) is 10.6. The van der Waals surface area contributed by atoms with E-state index in [1.165, 1.54) is 19.1 Å². The van der Waals surface area contributed by atoms with Gasteiger partial charge in [-0.1, -0.05) is 0 Å². The van der Waals surface area contributed by atoms with Gasteiger partial charge in [0, 0.05) is 16.5 Å². The summed E-state index contributed by atoms with van der Waals surface area (Å²) >= 11 is 1.91. The van der Waals surface area contributed by atoms with Crippen LogP contribution >= 0.6 is 22.6 Å². The fourth-order valence-electron chi connectivity index (χ4n) is 3.61. The molecule has 1 N–H and O–H groups in total. The molecule has 150 valence electrons. The first kappa shape index (κ1) is 19.7. The number of anilines is 1. The van der Waals surface area contributed by atoms with Crippen molar-refractivity contribution < 1.29 is 33.3 Å². The van der Waals surface area contributed by atoms with Gasteiger partial charge in [-0.2, -0.15) is 0 Å². The van der Waals surface area contributed by atoms with Gasteiger partial charge in [0.25, 0.3) is 11.7 Å². The van der Waals surface area contributed by atoms with Crippen molar-refractivity contribution >= 4 is 57.9 Å². The normalized spacial score (nSPS) is 22.5. The molecule has 5 amide bonds. The van der Waals surface area contributed by atoms with Crippen LogP contribution in [0.3, 0.4) is 0 Å². The van der Waals surface area contributed by atoms with Crippen molar-refractivity contribution in [1.82, 2.24) is 4.90 Å². The smallest absolute Gasteiger partial charge is 0.423 e. The summed E-state index contributed by atoms with van der Waals surface area (Å²) in [5.74, 6) is -5.46. The van der Waals surface area contributed by atoms with Gasteiger partial charge in [0.1, 0.15) is 5.76 Å². The average Bonchev–Trinajstić information content (AvgIpc) is 3.46. The molecule has 29 heavy (non-hydrogen) atoms. The van der Waals surface area contributed by atoms with Gasteiger partial charge in [-0.05, 0) is 60.6 Å². The lowest BCUT2D eigenvalue weighted by Gasteiger charge is -2.36. The van der Waals surface area contributed by atoms with E-state index in [0.29, 0.717) is 21.0 Å². The summed E-state index contributed by atoms with van der Waals surface area (Å²) in [6.45, 7) is 2.40. The molecule has 1 aromatic carbocycles. The van der Waals surface area contributed by atoms with E-state index in [2.05, 4.69) is 0 Å². The number of fused-ring (bicyclic) bond motifs is 1. The van der Waals surface area contributed by atoms with E-state index < -0.39 is 41.2 Å². The molecule has 1 aromatic rings. The lowest BCUT2D eigenvalue weighted by atomic mass is 9.92. The third-order valence-electron chi connectivity index (χ3n) is 5.16. The lowest BCUT2D eigenvalue weighted by Crippen LogP contribution is -2.65. The van der Waals surface area contributed by atoms with Crippen molar-refractivity contribution in [2.45, 2.75) is 32.7 Å². The highest BCUT2D eigenvalue weighted by molar-refractivity contribution is 14.1. The minimum atomic E-state index is -1.45. The van der Waals surface area contributed by atoms with E-state index in [0.717, 1.165) is 16.7 Å². The third kappa shape index (κ3) is 2.88. The molecular formula is C19H16FIN3O5+. The number of hydrogen-bond acceptors (Lipinski definition) is 5. The molecule has 2 heterocycles. The Morgan fingerprint density at radius 2 is 1.93 bits per heavy atom. The minimum Gasteiger partial charge on any atom is -0.510 e. The van der Waals surface area contributed by atoms with Gasteiger partial charge in [-0.25, -0.2) is 23.7 Å². The van der Waals surface area contributed by atoms with Crippen LogP contribution in [0.4, 0.5) is 14.9 Å². The molecule has 10 heteroatoms. The number of rotatable bonds is 2. The summed E-state index contributed by atoms with van der Waals surface area (Å²) in [6, 6.07) is 2.88. The van der Waals surface area contributed by atoms with Gasteiger partial charge in [-0.3, -0.25) is 4.79 Å². The summed E-state index contributed by atoms with van der Waals surface area (Å²) in [4.78, 5) is 53.2. The number of aliphatic hydroxyl groups is 1. The number of hydrogen-bond donors (Lipinski definition) is 1. The molecule has 0 bridgehead atoms. The van der Waals surface area contributed by atoms with Crippen LogP contribution in [0.2, 0.25) is 0 Å². The quantitative estimate of drug-likeness (QED) is 0.485. The van der Waals surface area contributed by atoms with Gasteiger partial charge in [-0.15, -0.1) is 9.48 Å². The second-order valence-electron chi connectivity index (χ2n) is 7.11. The van der Waals surface area contributed by atoms with Gasteiger partial charge in [0.05, 0.1) is 5.57 Å². The Hall–Kier alpha value is -2.63. The van der Waals surface area contributed by atoms with Gasteiger partial charge in [0.2, 0.25) is 0 Å². The molecule has 0 radical (unpaired) electrons. The number of carbonyl (C=O) groups excluding carboxylic acids is 4. The molecule has 1 atom stereocenters. The van der Waals surface area contributed by atoms with Gasteiger partial charge in [0.15, 0.2) is 17.4 Å². The number of halogens is 2. The fraction of sp³-hybridized carbons (Fsp3) is 0.316. The van der Waals surface area contributed by atoms with Crippen molar-refractivity contribution in [2.75, 3.05) is 4.90 Å². The summed E-state index contributed by atoms with van der Waals surface area (Å²) in [5.41, 5.74) is -0.379. The molecule has 8 nitrogen and oxygen atoms in total. The van der Waals surface area contributed by atoms with Crippen molar-refractivity contribution in [1.29, 1.82) is 0 Å². The number of carbonyl (C=O) groups is 4. The Morgan fingerprint density at radius 1 is 1.28 bits per heavy atom. The minimum absolute atomic E-state index is 0.171. The second kappa shape index (κ2) is 6.71. The molecular weight excluding hydrogens is 496 g/mol. The largest absolute Gasteiger partial charge is 0.510 e. The van der Waals surface area contributed by atoms with Crippen LogP contribution < -0.4 is 4.90 Å². The topological polar surface area (TPSA) is 98.0 Å². The van der Waals surface area contributed by atoms with Crippen LogP contribution in [0.25, 0.3) is 0 Å². The Balaban J connectivity index is 2.03. The molecule has 1 unspecified atom stereocenters. The average molecular weight is 512 g/mol.